The summed E-state index contributed by atoms with van der Waals surface area (Å²) in [6, 6.07) is 11.2. The van der Waals surface area contributed by atoms with Crippen LogP contribution >= 0.6 is 45.9 Å². The van der Waals surface area contributed by atoms with Crippen LogP contribution in [0, 0.1) is 0 Å². The van der Waals surface area contributed by atoms with E-state index in [0.717, 1.165) is 37.5 Å². The van der Waals surface area contributed by atoms with Crippen molar-refractivity contribution in [1.82, 2.24) is 9.97 Å². The van der Waals surface area contributed by atoms with Crippen LogP contribution in [0.4, 0.5) is 10.3 Å². The Hall–Kier alpha value is -1.86. The van der Waals surface area contributed by atoms with Crippen molar-refractivity contribution >= 4 is 66.4 Å². The molecule has 2 heterocycles. The molecule has 0 aliphatic rings. The minimum Gasteiger partial charge on any atom is -0.497 e. The van der Waals surface area contributed by atoms with Gasteiger partial charge in [-0.2, -0.15) is 0 Å². The topological polar surface area (TPSA) is 47.0 Å². The molecular formula is C17H11Cl2N3OS2. The number of thiazole rings is 2. The van der Waals surface area contributed by atoms with Crippen LogP contribution in [-0.2, 0) is 0 Å². The Morgan fingerprint density at radius 1 is 1.04 bits per heavy atom. The van der Waals surface area contributed by atoms with Gasteiger partial charge in [0, 0.05) is 22.0 Å². The molecule has 0 amide bonds. The minimum atomic E-state index is 0.580. The van der Waals surface area contributed by atoms with Crippen molar-refractivity contribution in [2.75, 3.05) is 12.4 Å². The molecule has 25 heavy (non-hydrogen) atoms. The molecule has 0 saturated carbocycles. The summed E-state index contributed by atoms with van der Waals surface area (Å²) >= 11 is 15.3. The Balaban J connectivity index is 1.60. The highest BCUT2D eigenvalue weighted by molar-refractivity contribution is 7.22. The number of nitrogens with one attached hydrogen (secondary N) is 1. The number of methoxy groups -OCH3 is 1. The summed E-state index contributed by atoms with van der Waals surface area (Å²) in [6.45, 7) is 0. The number of anilines is 2. The molecule has 8 heteroatoms. The number of ether oxygens (including phenoxy) is 1. The van der Waals surface area contributed by atoms with Crippen LogP contribution in [0.2, 0.25) is 10.0 Å². The maximum atomic E-state index is 6.25. The zero-order valence-electron chi connectivity index (χ0n) is 12.9. The van der Waals surface area contributed by atoms with E-state index in [1.165, 1.54) is 11.3 Å². The third kappa shape index (κ3) is 3.43. The van der Waals surface area contributed by atoms with Crippen LogP contribution in [-0.4, -0.2) is 17.1 Å². The van der Waals surface area contributed by atoms with Gasteiger partial charge in [0.25, 0.3) is 0 Å². The van der Waals surface area contributed by atoms with Gasteiger partial charge in [-0.1, -0.05) is 34.5 Å². The maximum absolute atomic E-state index is 6.25. The highest BCUT2D eigenvalue weighted by Crippen LogP contribution is 2.35. The van der Waals surface area contributed by atoms with E-state index in [0.29, 0.717) is 10.0 Å². The van der Waals surface area contributed by atoms with E-state index in [1.807, 2.05) is 29.6 Å². The van der Waals surface area contributed by atoms with Gasteiger partial charge in [-0.15, -0.1) is 11.3 Å². The molecule has 0 spiro atoms. The maximum Gasteiger partial charge on any atom is 0.190 e. The molecule has 2 aromatic carbocycles. The predicted molar refractivity (Wildman–Crippen MR) is 107 cm³/mol. The highest BCUT2D eigenvalue weighted by Gasteiger charge is 2.11. The van der Waals surface area contributed by atoms with Crippen LogP contribution in [0.25, 0.3) is 21.5 Å². The Morgan fingerprint density at radius 3 is 2.72 bits per heavy atom. The van der Waals surface area contributed by atoms with Crippen molar-refractivity contribution in [3.05, 3.63) is 51.8 Å². The molecule has 0 fully saturated rings. The number of benzene rings is 2. The average Bonchev–Trinajstić information content (AvgIpc) is 3.20. The predicted octanol–water partition coefficient (Wildman–Crippen LogP) is 6.48. The van der Waals surface area contributed by atoms with Crippen molar-refractivity contribution in [3.63, 3.8) is 0 Å². The van der Waals surface area contributed by atoms with Gasteiger partial charge in [0.15, 0.2) is 10.3 Å². The third-order valence-corrected chi connectivity index (χ3v) is 5.78. The molecule has 0 atom stereocenters. The summed E-state index contributed by atoms with van der Waals surface area (Å²) < 4.78 is 6.32. The molecule has 0 aliphatic carbocycles. The summed E-state index contributed by atoms with van der Waals surface area (Å²) in [5.74, 6) is 0.790. The standard InChI is InChI=1S/C17H11Cl2N3OS2/c1-23-10-3-5-15-13(7-10)20-17(25-15)22-16-21-14(8-24-16)11-4-2-9(18)6-12(11)19/h2-8H,1H3,(H,20,21,22). The lowest BCUT2D eigenvalue weighted by atomic mass is 10.2. The highest BCUT2D eigenvalue weighted by atomic mass is 35.5. The first kappa shape index (κ1) is 16.6. The van der Waals surface area contributed by atoms with E-state index < -0.39 is 0 Å². The number of rotatable bonds is 4. The number of aromatic nitrogens is 2. The molecule has 0 unspecified atom stereocenters. The molecular weight excluding hydrogens is 397 g/mol. The molecule has 4 aromatic rings. The quantitative estimate of drug-likeness (QED) is 0.420. The molecule has 4 nitrogen and oxygen atoms in total. The third-order valence-electron chi connectivity index (χ3n) is 3.52. The van der Waals surface area contributed by atoms with Crippen molar-refractivity contribution in [1.29, 1.82) is 0 Å². The zero-order chi connectivity index (χ0) is 17.4. The Bertz CT molecular complexity index is 1060. The van der Waals surface area contributed by atoms with Gasteiger partial charge in [-0.25, -0.2) is 9.97 Å². The molecule has 4 rings (SSSR count). The lowest BCUT2D eigenvalue weighted by Gasteiger charge is -2.01. The van der Waals surface area contributed by atoms with Gasteiger partial charge in [0.05, 0.1) is 28.0 Å². The van der Waals surface area contributed by atoms with Crippen LogP contribution in [0.15, 0.2) is 41.8 Å². The fraction of sp³-hybridized carbons (Fsp3) is 0.0588. The summed E-state index contributed by atoms with van der Waals surface area (Å²) in [5.41, 5.74) is 2.55. The van der Waals surface area contributed by atoms with Crippen LogP contribution in [0.3, 0.4) is 0 Å². The fourth-order valence-electron chi connectivity index (χ4n) is 2.33. The smallest absolute Gasteiger partial charge is 0.190 e. The number of hydrogen-bond acceptors (Lipinski definition) is 6. The van der Waals surface area contributed by atoms with Crippen molar-refractivity contribution in [2.45, 2.75) is 0 Å². The van der Waals surface area contributed by atoms with E-state index in [9.17, 15) is 0 Å². The monoisotopic (exact) mass is 407 g/mol. The minimum absolute atomic E-state index is 0.580. The lowest BCUT2D eigenvalue weighted by molar-refractivity contribution is 0.415. The van der Waals surface area contributed by atoms with E-state index in [1.54, 1.807) is 30.6 Å². The molecule has 0 radical (unpaired) electrons. The van der Waals surface area contributed by atoms with E-state index >= 15 is 0 Å². The fourth-order valence-corrected chi connectivity index (χ4v) is 4.46. The molecule has 1 N–H and O–H groups in total. The Labute approximate surface area is 162 Å². The van der Waals surface area contributed by atoms with Gasteiger partial charge in [0.2, 0.25) is 0 Å². The van der Waals surface area contributed by atoms with Gasteiger partial charge >= 0.3 is 0 Å². The van der Waals surface area contributed by atoms with Gasteiger partial charge < -0.3 is 10.1 Å². The average molecular weight is 408 g/mol. The summed E-state index contributed by atoms with van der Waals surface area (Å²) in [5, 5.41) is 7.93. The van der Waals surface area contributed by atoms with E-state index in [2.05, 4.69) is 15.3 Å². The Morgan fingerprint density at radius 2 is 1.92 bits per heavy atom. The van der Waals surface area contributed by atoms with Crippen molar-refractivity contribution < 1.29 is 4.74 Å². The second kappa shape index (κ2) is 6.80. The van der Waals surface area contributed by atoms with Gasteiger partial charge in [-0.3, -0.25) is 0 Å². The van der Waals surface area contributed by atoms with Gasteiger partial charge in [0.1, 0.15) is 5.75 Å². The first-order chi connectivity index (χ1) is 12.1. The number of fused-ring (bicyclic) bond motifs is 1. The van der Waals surface area contributed by atoms with Gasteiger partial charge in [-0.05, 0) is 30.3 Å². The number of halogens is 2. The molecule has 126 valence electrons. The SMILES string of the molecule is COc1ccc2sc(Nc3nc(-c4ccc(Cl)cc4Cl)cs3)nc2c1. The van der Waals surface area contributed by atoms with E-state index in [4.69, 9.17) is 27.9 Å². The first-order valence-electron chi connectivity index (χ1n) is 7.25. The summed E-state index contributed by atoms with van der Waals surface area (Å²) in [7, 11) is 1.64. The number of nitrogens with zero attached hydrogens (tertiary/aromatic N) is 2. The summed E-state index contributed by atoms with van der Waals surface area (Å²) in [4.78, 5) is 9.17. The first-order valence-corrected chi connectivity index (χ1v) is 9.70. The normalized spacial score (nSPS) is 11.0. The molecule has 2 aromatic heterocycles. The van der Waals surface area contributed by atoms with E-state index in [-0.39, 0.29) is 0 Å². The van der Waals surface area contributed by atoms with Crippen molar-refractivity contribution in [3.8, 4) is 17.0 Å². The summed E-state index contributed by atoms with van der Waals surface area (Å²) in [6.07, 6.45) is 0. The second-order valence-electron chi connectivity index (χ2n) is 5.14. The molecule has 0 saturated heterocycles. The number of hydrogen-bond donors (Lipinski definition) is 1. The van der Waals surface area contributed by atoms with Crippen LogP contribution in [0.1, 0.15) is 0 Å². The largest absolute Gasteiger partial charge is 0.497 e. The second-order valence-corrected chi connectivity index (χ2v) is 7.87. The molecule has 0 bridgehead atoms. The Kier molecular flexibility index (Phi) is 4.52. The lowest BCUT2D eigenvalue weighted by Crippen LogP contribution is -1.88. The van der Waals surface area contributed by atoms with Crippen LogP contribution in [0.5, 0.6) is 5.75 Å². The van der Waals surface area contributed by atoms with Crippen molar-refractivity contribution in [2.24, 2.45) is 0 Å². The van der Waals surface area contributed by atoms with Crippen LogP contribution < -0.4 is 10.1 Å². The molecule has 0 aliphatic heterocycles. The zero-order valence-corrected chi connectivity index (χ0v) is 16.1.